The van der Waals surface area contributed by atoms with Gasteiger partial charge in [-0.1, -0.05) is 36.4 Å². The van der Waals surface area contributed by atoms with Gasteiger partial charge in [-0.15, -0.1) is 11.3 Å². The van der Waals surface area contributed by atoms with Crippen LogP contribution in [0.2, 0.25) is 0 Å². The minimum atomic E-state index is -4.58. The van der Waals surface area contributed by atoms with Crippen LogP contribution in [0.3, 0.4) is 0 Å². The van der Waals surface area contributed by atoms with E-state index in [1.54, 1.807) is 18.2 Å². The maximum Gasteiger partial charge on any atom is 0.416 e. The van der Waals surface area contributed by atoms with Gasteiger partial charge >= 0.3 is 6.18 Å². The molecule has 0 spiro atoms. The average Bonchev–Trinajstić information content (AvgIpc) is 3.12. The van der Waals surface area contributed by atoms with Gasteiger partial charge in [0.05, 0.1) is 16.1 Å². The quantitative estimate of drug-likeness (QED) is 0.622. The molecule has 2 aromatic carbocycles. The molecule has 2 heterocycles. The first-order valence-electron chi connectivity index (χ1n) is 8.57. The predicted octanol–water partition coefficient (Wildman–Crippen LogP) is 5.07. The van der Waals surface area contributed by atoms with Crippen molar-refractivity contribution in [2.24, 2.45) is 0 Å². The van der Waals surface area contributed by atoms with E-state index in [9.17, 15) is 26.4 Å². The summed E-state index contributed by atoms with van der Waals surface area (Å²) < 4.78 is 66.5. The van der Waals surface area contributed by atoms with Gasteiger partial charge in [-0.3, -0.25) is 4.79 Å². The van der Waals surface area contributed by atoms with Crippen molar-refractivity contribution in [3.8, 4) is 0 Å². The number of hydrogen-bond donors (Lipinski definition) is 1. The number of carbonyl (C=O) groups excluding carboxylic acids is 1. The molecule has 0 aliphatic carbocycles. The normalized spacial score (nSPS) is 16.9. The molecule has 0 radical (unpaired) electrons. The lowest BCUT2D eigenvalue weighted by Gasteiger charge is -2.26. The molecule has 1 aliphatic rings. The maximum absolute atomic E-state index is 13.5. The number of thiophene rings is 1. The summed E-state index contributed by atoms with van der Waals surface area (Å²) in [7, 11) is -3.93. The van der Waals surface area contributed by atoms with Crippen molar-refractivity contribution in [2.75, 3.05) is 5.32 Å². The first kappa shape index (κ1) is 19.7. The molecule has 0 saturated heterocycles. The Hall–Kier alpha value is -2.65. The Morgan fingerprint density at radius 3 is 2.34 bits per heavy atom. The number of anilines is 1. The standard InChI is InChI=1S/C20H14F3NO3S2/c21-20(22,23)15-9-5-4-8-13(15)14-10-17(25)24-18-16(11-28-19(14)18)29(26,27)12-6-2-1-3-7-12/h1-9,11,14H,10H2,(H,24,25)/t14-/m0/s1. The van der Waals surface area contributed by atoms with Gasteiger partial charge in [0.15, 0.2) is 0 Å². The number of amides is 1. The van der Waals surface area contributed by atoms with Crippen molar-refractivity contribution < 1.29 is 26.4 Å². The van der Waals surface area contributed by atoms with E-state index < -0.39 is 33.4 Å². The molecule has 150 valence electrons. The van der Waals surface area contributed by atoms with Crippen LogP contribution in [-0.4, -0.2) is 14.3 Å². The second-order valence-electron chi connectivity index (χ2n) is 6.55. The maximum atomic E-state index is 13.5. The van der Waals surface area contributed by atoms with E-state index in [0.29, 0.717) is 4.88 Å². The van der Waals surface area contributed by atoms with Gasteiger partial charge in [0.25, 0.3) is 0 Å². The highest BCUT2D eigenvalue weighted by Crippen LogP contribution is 2.48. The van der Waals surface area contributed by atoms with Gasteiger partial charge in [0.1, 0.15) is 4.90 Å². The fourth-order valence-corrected chi connectivity index (χ4v) is 6.36. The fraction of sp³-hybridized carbons (Fsp3) is 0.150. The van der Waals surface area contributed by atoms with Gasteiger partial charge in [-0.2, -0.15) is 13.2 Å². The number of carbonyl (C=O) groups is 1. The SMILES string of the molecule is O=C1C[C@@H](c2ccccc2C(F)(F)F)c2scc(S(=O)(=O)c3ccccc3)c2N1. The van der Waals surface area contributed by atoms with Crippen molar-refractivity contribution in [2.45, 2.75) is 28.3 Å². The highest BCUT2D eigenvalue weighted by Gasteiger charge is 2.39. The zero-order valence-corrected chi connectivity index (χ0v) is 16.4. The third-order valence-electron chi connectivity index (χ3n) is 4.74. The largest absolute Gasteiger partial charge is 0.416 e. The van der Waals surface area contributed by atoms with Crippen molar-refractivity contribution in [1.82, 2.24) is 0 Å². The molecule has 1 atom stereocenters. The molecule has 0 bridgehead atoms. The summed E-state index contributed by atoms with van der Waals surface area (Å²) in [5, 5.41) is 3.93. The molecule has 1 aromatic heterocycles. The van der Waals surface area contributed by atoms with Crippen LogP contribution in [0.15, 0.2) is 69.8 Å². The Labute approximate surface area is 168 Å². The van der Waals surface area contributed by atoms with E-state index in [1.807, 2.05) is 0 Å². The molecular weight excluding hydrogens is 423 g/mol. The summed E-state index contributed by atoms with van der Waals surface area (Å²) in [6.07, 6.45) is -4.77. The van der Waals surface area contributed by atoms with E-state index in [4.69, 9.17) is 0 Å². The molecule has 3 aromatic rings. The fourth-order valence-electron chi connectivity index (χ4n) is 3.44. The molecular formula is C20H14F3NO3S2. The number of benzene rings is 2. The Morgan fingerprint density at radius 1 is 1.00 bits per heavy atom. The Morgan fingerprint density at radius 2 is 1.66 bits per heavy atom. The lowest BCUT2D eigenvalue weighted by Crippen LogP contribution is -2.25. The highest BCUT2D eigenvalue weighted by molar-refractivity contribution is 7.91. The van der Waals surface area contributed by atoms with Crippen molar-refractivity contribution >= 4 is 32.8 Å². The Kier molecular flexibility index (Phi) is 4.74. The first-order chi connectivity index (χ1) is 13.7. The van der Waals surface area contributed by atoms with E-state index >= 15 is 0 Å². The third-order valence-corrected chi connectivity index (χ3v) is 7.78. The number of alkyl halides is 3. The Bertz CT molecular complexity index is 1190. The zero-order valence-electron chi connectivity index (χ0n) is 14.7. The van der Waals surface area contributed by atoms with Crippen LogP contribution >= 0.6 is 11.3 Å². The van der Waals surface area contributed by atoms with E-state index in [1.165, 1.54) is 35.7 Å². The van der Waals surface area contributed by atoms with Crippen LogP contribution in [0.1, 0.15) is 28.3 Å². The third kappa shape index (κ3) is 3.44. The zero-order chi connectivity index (χ0) is 20.8. The molecule has 4 rings (SSSR count). The number of sulfone groups is 1. The van der Waals surface area contributed by atoms with Gasteiger partial charge in [0.2, 0.25) is 15.7 Å². The van der Waals surface area contributed by atoms with Gasteiger partial charge in [-0.25, -0.2) is 8.42 Å². The second-order valence-corrected chi connectivity index (χ2v) is 9.37. The molecule has 1 N–H and O–H groups in total. The van der Waals surface area contributed by atoms with Crippen LogP contribution in [-0.2, 0) is 20.8 Å². The molecule has 0 unspecified atom stereocenters. The average molecular weight is 437 g/mol. The predicted molar refractivity (Wildman–Crippen MR) is 103 cm³/mol. The molecule has 0 saturated carbocycles. The monoisotopic (exact) mass is 437 g/mol. The summed E-state index contributed by atoms with van der Waals surface area (Å²) in [6, 6.07) is 12.8. The smallest absolute Gasteiger partial charge is 0.324 e. The molecule has 4 nitrogen and oxygen atoms in total. The molecule has 29 heavy (non-hydrogen) atoms. The van der Waals surface area contributed by atoms with Crippen LogP contribution in [0, 0.1) is 0 Å². The molecule has 1 aliphatic heterocycles. The lowest BCUT2D eigenvalue weighted by atomic mass is 9.87. The molecule has 0 fully saturated rings. The number of fused-ring (bicyclic) bond motifs is 1. The van der Waals surface area contributed by atoms with Gasteiger partial charge in [0, 0.05) is 22.6 Å². The first-order valence-corrected chi connectivity index (χ1v) is 10.9. The van der Waals surface area contributed by atoms with Crippen molar-refractivity contribution in [3.05, 3.63) is 76.0 Å². The number of halogens is 3. The molecule has 9 heteroatoms. The summed E-state index contributed by atoms with van der Waals surface area (Å²) in [4.78, 5) is 12.6. The van der Waals surface area contributed by atoms with E-state index in [2.05, 4.69) is 5.32 Å². The minimum Gasteiger partial charge on any atom is -0.324 e. The summed E-state index contributed by atoms with van der Waals surface area (Å²) in [6.45, 7) is 0. The Balaban J connectivity index is 1.87. The lowest BCUT2D eigenvalue weighted by molar-refractivity contribution is -0.138. The molecule has 1 amide bonds. The summed E-state index contributed by atoms with van der Waals surface area (Å²) in [5.41, 5.74) is -0.801. The van der Waals surface area contributed by atoms with Crippen LogP contribution in [0.4, 0.5) is 18.9 Å². The van der Waals surface area contributed by atoms with Crippen molar-refractivity contribution in [3.63, 3.8) is 0 Å². The number of hydrogen-bond acceptors (Lipinski definition) is 4. The van der Waals surface area contributed by atoms with E-state index in [-0.39, 0.29) is 27.5 Å². The van der Waals surface area contributed by atoms with Gasteiger partial charge < -0.3 is 5.32 Å². The van der Waals surface area contributed by atoms with Crippen molar-refractivity contribution in [1.29, 1.82) is 0 Å². The van der Waals surface area contributed by atoms with Crippen LogP contribution in [0.5, 0.6) is 0 Å². The van der Waals surface area contributed by atoms with Crippen LogP contribution < -0.4 is 5.32 Å². The minimum absolute atomic E-state index is 0.0402. The number of rotatable bonds is 3. The van der Waals surface area contributed by atoms with E-state index in [0.717, 1.165) is 17.4 Å². The second kappa shape index (κ2) is 7.00. The topological polar surface area (TPSA) is 63.2 Å². The van der Waals surface area contributed by atoms with Gasteiger partial charge in [-0.05, 0) is 23.8 Å². The summed E-state index contributed by atoms with van der Waals surface area (Å²) >= 11 is 1.04. The van der Waals surface area contributed by atoms with Crippen LogP contribution in [0.25, 0.3) is 0 Å². The number of nitrogens with one attached hydrogen (secondary N) is 1. The highest BCUT2D eigenvalue weighted by atomic mass is 32.2. The summed E-state index contributed by atoms with van der Waals surface area (Å²) in [5.74, 6) is -1.40.